The summed E-state index contributed by atoms with van der Waals surface area (Å²) in [4.78, 5) is 0. The van der Waals surface area contributed by atoms with Crippen LogP contribution in [0.5, 0.6) is 0 Å². The topological polar surface area (TPSA) is 57.2 Å². The van der Waals surface area contributed by atoms with Gasteiger partial charge >= 0.3 is 23.0 Å². The predicted molar refractivity (Wildman–Crippen MR) is 101 cm³/mol. The third kappa shape index (κ3) is 6.87. The molecule has 0 aliphatic heterocycles. The number of halogens is 9. The molecule has 0 N–H and O–H groups in total. The van der Waals surface area contributed by atoms with Crippen LogP contribution in [0.3, 0.4) is 0 Å². The Balaban J connectivity index is 0. The van der Waals surface area contributed by atoms with Gasteiger partial charge in [0.2, 0.25) is 0 Å². The lowest BCUT2D eigenvalue weighted by Crippen LogP contribution is -2.66. The molecule has 0 fully saturated rings. The SMILES string of the molecule is CCCCCC(F)C(F)(F)C(F)(F)C(F)(F)C(F)(F)S(=O)(=O)[O-].CC[N+](CC)(CC)CC. The number of hydrogen-bond acceptors (Lipinski definition) is 3. The highest BCUT2D eigenvalue weighted by molar-refractivity contribution is 7.86. The van der Waals surface area contributed by atoms with E-state index in [1.54, 1.807) is 0 Å². The fourth-order valence-corrected chi connectivity index (χ4v) is 3.28. The molecule has 1 atom stereocenters. The molecule has 0 aromatic carbocycles. The van der Waals surface area contributed by atoms with Gasteiger partial charge in [0.25, 0.3) is 0 Å². The molecule has 0 aromatic heterocycles. The zero-order valence-electron chi connectivity index (χ0n) is 18.7. The van der Waals surface area contributed by atoms with Crippen molar-refractivity contribution < 1.29 is 57.0 Å². The zero-order chi connectivity index (χ0) is 26.2. The van der Waals surface area contributed by atoms with Crippen molar-refractivity contribution in [3.8, 4) is 0 Å². The van der Waals surface area contributed by atoms with Crippen LogP contribution < -0.4 is 0 Å². The standard InChI is InChI=1S/C10H13F9O3S.C8H20N/c1-2-3-4-5-6(11)7(12,13)8(14,15)9(16,17)10(18,19)23(20,21)22;1-5-9(6-2,7-3)8-4/h6H,2-5H2,1H3,(H,20,21,22);5-8H2,1-4H3/q;+1/p-1. The Morgan fingerprint density at radius 1 is 0.750 bits per heavy atom. The Kier molecular flexibility index (Phi) is 12.6. The van der Waals surface area contributed by atoms with Crippen LogP contribution in [0.1, 0.15) is 60.3 Å². The zero-order valence-corrected chi connectivity index (χ0v) is 19.5. The summed E-state index contributed by atoms with van der Waals surface area (Å²) in [7, 11) is -7.42. The molecule has 0 saturated heterocycles. The molecule has 0 rings (SSSR count). The average molecular weight is 514 g/mol. The van der Waals surface area contributed by atoms with E-state index < -0.39 is 52.2 Å². The van der Waals surface area contributed by atoms with Crippen LogP contribution in [0.15, 0.2) is 0 Å². The third-order valence-corrected chi connectivity index (χ3v) is 6.51. The lowest BCUT2D eigenvalue weighted by Gasteiger charge is -2.38. The molecule has 0 saturated carbocycles. The van der Waals surface area contributed by atoms with Crippen molar-refractivity contribution in [1.82, 2.24) is 0 Å². The summed E-state index contributed by atoms with van der Waals surface area (Å²) in [5.74, 6) is -20.8. The summed E-state index contributed by atoms with van der Waals surface area (Å²) in [5, 5.41) is -7.06. The molecule has 196 valence electrons. The Bertz CT molecular complexity index is 637. The number of quaternary nitrogens is 1. The lowest BCUT2D eigenvalue weighted by atomic mass is 9.97. The van der Waals surface area contributed by atoms with Gasteiger partial charge in [0.15, 0.2) is 16.3 Å². The molecule has 0 radical (unpaired) electrons. The van der Waals surface area contributed by atoms with Crippen LogP contribution in [0.4, 0.5) is 39.5 Å². The first-order valence-electron chi connectivity index (χ1n) is 10.2. The number of hydrogen-bond donors (Lipinski definition) is 0. The van der Waals surface area contributed by atoms with E-state index in [1.165, 1.54) is 37.6 Å². The summed E-state index contributed by atoms with van der Waals surface area (Å²) in [6, 6.07) is 0. The highest BCUT2D eigenvalue weighted by Crippen LogP contribution is 2.55. The first kappa shape index (κ1) is 33.4. The predicted octanol–water partition coefficient (Wildman–Crippen LogP) is 5.83. The second-order valence-corrected chi connectivity index (χ2v) is 8.73. The fraction of sp³-hybridized carbons (Fsp3) is 1.00. The number of nitrogens with zero attached hydrogens (tertiary/aromatic N) is 1. The maximum atomic E-state index is 13.2. The summed E-state index contributed by atoms with van der Waals surface area (Å²) in [6.45, 7) is 15.7. The molecule has 32 heavy (non-hydrogen) atoms. The van der Waals surface area contributed by atoms with Gasteiger partial charge in [-0.3, -0.25) is 0 Å². The minimum atomic E-state index is -7.42. The Morgan fingerprint density at radius 2 is 1.12 bits per heavy atom. The van der Waals surface area contributed by atoms with Gasteiger partial charge < -0.3 is 9.04 Å². The van der Waals surface area contributed by atoms with Crippen LogP contribution in [0, 0.1) is 0 Å². The fourth-order valence-electron chi connectivity index (χ4n) is 2.84. The van der Waals surface area contributed by atoms with E-state index in [0.717, 1.165) is 0 Å². The van der Waals surface area contributed by atoms with Crippen LogP contribution in [0.25, 0.3) is 0 Å². The minimum Gasteiger partial charge on any atom is -0.743 e. The van der Waals surface area contributed by atoms with Gasteiger partial charge in [-0.1, -0.05) is 26.2 Å². The van der Waals surface area contributed by atoms with Crippen molar-refractivity contribution in [1.29, 1.82) is 0 Å². The molecule has 0 spiro atoms. The van der Waals surface area contributed by atoms with Crippen LogP contribution in [-0.4, -0.2) is 72.8 Å². The molecule has 14 heteroatoms. The maximum Gasteiger partial charge on any atom is 0.402 e. The number of alkyl halides is 9. The number of rotatable bonds is 13. The first-order valence-corrected chi connectivity index (χ1v) is 11.6. The second-order valence-electron chi connectivity index (χ2n) is 7.31. The molecule has 0 heterocycles. The van der Waals surface area contributed by atoms with Crippen LogP contribution >= 0.6 is 0 Å². The van der Waals surface area contributed by atoms with Crippen molar-refractivity contribution in [3.05, 3.63) is 0 Å². The molecule has 1 unspecified atom stereocenters. The molecule has 0 amide bonds. The molecular weight excluding hydrogens is 481 g/mol. The smallest absolute Gasteiger partial charge is 0.402 e. The normalized spacial score (nSPS) is 15.2. The van der Waals surface area contributed by atoms with Crippen LogP contribution in [-0.2, 0) is 10.1 Å². The van der Waals surface area contributed by atoms with Crippen molar-refractivity contribution in [2.75, 3.05) is 26.2 Å². The molecule has 0 bridgehead atoms. The Morgan fingerprint density at radius 3 is 1.38 bits per heavy atom. The van der Waals surface area contributed by atoms with Gasteiger partial charge in [0, 0.05) is 0 Å². The number of unbranched alkanes of at least 4 members (excludes halogenated alkanes) is 2. The maximum absolute atomic E-state index is 13.2. The van der Waals surface area contributed by atoms with E-state index in [-0.39, 0.29) is 6.42 Å². The van der Waals surface area contributed by atoms with Crippen molar-refractivity contribution in [2.45, 2.75) is 89.5 Å². The second kappa shape index (κ2) is 12.1. The monoisotopic (exact) mass is 513 g/mol. The largest absolute Gasteiger partial charge is 0.743 e. The molecular formula is C18H32F9NO3S. The highest BCUT2D eigenvalue weighted by atomic mass is 32.2. The van der Waals surface area contributed by atoms with E-state index >= 15 is 0 Å². The quantitative estimate of drug-likeness (QED) is 0.135. The summed E-state index contributed by atoms with van der Waals surface area (Å²) < 4.78 is 149. The van der Waals surface area contributed by atoms with Gasteiger partial charge in [-0.05, 0) is 34.1 Å². The van der Waals surface area contributed by atoms with Gasteiger partial charge in [-0.25, -0.2) is 12.8 Å². The molecule has 4 nitrogen and oxygen atoms in total. The summed E-state index contributed by atoms with van der Waals surface area (Å²) in [6.07, 6.45) is -5.31. The van der Waals surface area contributed by atoms with Crippen LogP contribution in [0.2, 0.25) is 0 Å². The van der Waals surface area contributed by atoms with E-state index in [0.29, 0.717) is 6.42 Å². The van der Waals surface area contributed by atoms with Gasteiger partial charge in [0.05, 0.1) is 26.2 Å². The van der Waals surface area contributed by atoms with E-state index in [2.05, 4.69) is 27.7 Å². The Labute approximate surface area is 183 Å². The van der Waals surface area contributed by atoms with Gasteiger partial charge in [-0.15, -0.1) is 0 Å². The third-order valence-electron chi connectivity index (χ3n) is 5.63. The van der Waals surface area contributed by atoms with Crippen molar-refractivity contribution >= 4 is 10.1 Å². The molecule has 0 aromatic rings. The summed E-state index contributed by atoms with van der Waals surface area (Å²) >= 11 is 0. The van der Waals surface area contributed by atoms with E-state index in [1.807, 2.05) is 0 Å². The van der Waals surface area contributed by atoms with Gasteiger partial charge in [-0.2, -0.15) is 35.1 Å². The molecule has 0 aliphatic carbocycles. The lowest BCUT2D eigenvalue weighted by molar-refractivity contribution is -0.921. The minimum absolute atomic E-state index is 0.0730. The first-order chi connectivity index (χ1) is 14.2. The van der Waals surface area contributed by atoms with Crippen molar-refractivity contribution in [2.24, 2.45) is 0 Å². The highest BCUT2D eigenvalue weighted by Gasteiger charge is 2.84. The average Bonchev–Trinajstić information content (AvgIpc) is 2.69. The molecule has 0 aliphatic rings. The van der Waals surface area contributed by atoms with Crippen molar-refractivity contribution in [3.63, 3.8) is 0 Å². The van der Waals surface area contributed by atoms with E-state index in [9.17, 15) is 52.5 Å². The Hall–Kier alpha value is -0.760. The van der Waals surface area contributed by atoms with Gasteiger partial charge in [0.1, 0.15) is 0 Å². The van der Waals surface area contributed by atoms with E-state index in [4.69, 9.17) is 0 Å². The summed E-state index contributed by atoms with van der Waals surface area (Å²) in [5.41, 5.74) is 0.